The Bertz CT molecular complexity index is 953. The molecule has 1 saturated carbocycles. The molecule has 156 valence electrons. The van der Waals surface area contributed by atoms with Crippen molar-refractivity contribution in [2.75, 3.05) is 7.11 Å². The number of nitrogens with one attached hydrogen (secondary N) is 1. The predicted molar refractivity (Wildman–Crippen MR) is 117 cm³/mol. The molecule has 0 atom stereocenters. The van der Waals surface area contributed by atoms with E-state index in [-0.39, 0.29) is 17.5 Å². The number of aryl methyl sites for hydroxylation is 1. The molecule has 1 fully saturated rings. The molecule has 0 heterocycles. The Morgan fingerprint density at radius 3 is 2.63 bits per heavy atom. The van der Waals surface area contributed by atoms with E-state index < -0.39 is 0 Å². The lowest BCUT2D eigenvalue weighted by atomic mass is 9.95. The van der Waals surface area contributed by atoms with E-state index in [1.807, 2.05) is 43.3 Å². The number of nitriles is 1. The first-order valence-corrected chi connectivity index (χ1v) is 10.4. The van der Waals surface area contributed by atoms with E-state index in [0.29, 0.717) is 23.7 Å². The number of nitrogens with zero attached hydrogens (tertiary/aromatic N) is 1. The third-order valence-electron chi connectivity index (χ3n) is 5.45. The van der Waals surface area contributed by atoms with E-state index in [9.17, 15) is 10.1 Å². The Labute approximate surface area is 178 Å². The molecule has 1 aliphatic rings. The number of carbonyl (C=O) groups is 1. The van der Waals surface area contributed by atoms with Crippen molar-refractivity contribution in [2.24, 2.45) is 0 Å². The summed E-state index contributed by atoms with van der Waals surface area (Å²) in [5.74, 6) is 0.855. The average Bonchev–Trinajstić information content (AvgIpc) is 2.77. The number of hydrogen-bond acceptors (Lipinski definition) is 4. The summed E-state index contributed by atoms with van der Waals surface area (Å²) >= 11 is 0. The zero-order valence-electron chi connectivity index (χ0n) is 17.6. The summed E-state index contributed by atoms with van der Waals surface area (Å²) < 4.78 is 11.4. The van der Waals surface area contributed by atoms with Crippen molar-refractivity contribution in [1.29, 1.82) is 5.26 Å². The maximum absolute atomic E-state index is 12.5. The van der Waals surface area contributed by atoms with Crippen LogP contribution in [0.2, 0.25) is 0 Å². The summed E-state index contributed by atoms with van der Waals surface area (Å²) in [5, 5.41) is 12.5. The molecule has 0 bridgehead atoms. The summed E-state index contributed by atoms with van der Waals surface area (Å²) in [6.45, 7) is 2.48. The van der Waals surface area contributed by atoms with Gasteiger partial charge in [-0.25, -0.2) is 0 Å². The Hall–Kier alpha value is -3.26. The molecule has 0 aliphatic heterocycles. The minimum Gasteiger partial charge on any atom is -0.493 e. The van der Waals surface area contributed by atoms with Crippen LogP contribution in [0.3, 0.4) is 0 Å². The van der Waals surface area contributed by atoms with Gasteiger partial charge in [0.15, 0.2) is 11.5 Å². The second-order valence-corrected chi connectivity index (χ2v) is 7.60. The Kier molecular flexibility index (Phi) is 7.51. The minimum absolute atomic E-state index is 0.0937. The Morgan fingerprint density at radius 2 is 1.93 bits per heavy atom. The van der Waals surface area contributed by atoms with E-state index in [0.717, 1.165) is 31.2 Å². The number of methoxy groups -OCH3 is 1. The van der Waals surface area contributed by atoms with Crippen LogP contribution in [0.15, 0.2) is 48.0 Å². The summed E-state index contributed by atoms with van der Waals surface area (Å²) in [4.78, 5) is 12.5. The highest BCUT2D eigenvalue weighted by molar-refractivity contribution is 6.01. The monoisotopic (exact) mass is 404 g/mol. The maximum Gasteiger partial charge on any atom is 0.262 e. The zero-order chi connectivity index (χ0) is 21.3. The van der Waals surface area contributed by atoms with Crippen LogP contribution in [0.5, 0.6) is 11.5 Å². The predicted octanol–water partition coefficient (Wildman–Crippen LogP) is 4.94. The van der Waals surface area contributed by atoms with Crippen molar-refractivity contribution < 1.29 is 14.3 Å². The standard InChI is InChI=1S/C25H28N2O3/c1-18-8-6-7-9-20(18)17-30-23-13-12-19(15-24(23)29-2)14-21(16-26)25(28)27-22-10-4-3-5-11-22/h6-9,12-15,22H,3-5,10-11,17H2,1-2H3,(H,27,28)/b21-14-. The van der Waals surface area contributed by atoms with Gasteiger partial charge in [0.2, 0.25) is 0 Å². The second kappa shape index (κ2) is 10.5. The Balaban J connectivity index is 1.71. The molecular weight excluding hydrogens is 376 g/mol. The fraction of sp³-hybridized carbons (Fsp3) is 0.360. The first-order chi connectivity index (χ1) is 14.6. The number of carbonyl (C=O) groups excluding carboxylic acids is 1. The van der Waals surface area contributed by atoms with Crippen molar-refractivity contribution in [1.82, 2.24) is 5.32 Å². The molecule has 0 spiro atoms. The summed E-state index contributed by atoms with van der Waals surface area (Å²) in [7, 11) is 1.57. The molecule has 0 aromatic heterocycles. The highest BCUT2D eigenvalue weighted by Crippen LogP contribution is 2.30. The molecule has 1 aliphatic carbocycles. The smallest absolute Gasteiger partial charge is 0.262 e. The maximum atomic E-state index is 12.5. The first-order valence-electron chi connectivity index (χ1n) is 10.4. The quantitative estimate of drug-likeness (QED) is 0.524. The van der Waals surface area contributed by atoms with Gasteiger partial charge in [-0.2, -0.15) is 5.26 Å². The van der Waals surface area contributed by atoms with Gasteiger partial charge in [-0.05, 0) is 54.7 Å². The molecule has 2 aromatic rings. The van der Waals surface area contributed by atoms with Crippen molar-refractivity contribution in [2.45, 2.75) is 51.7 Å². The van der Waals surface area contributed by atoms with E-state index in [4.69, 9.17) is 9.47 Å². The van der Waals surface area contributed by atoms with Gasteiger partial charge in [0, 0.05) is 6.04 Å². The fourth-order valence-corrected chi connectivity index (χ4v) is 3.65. The highest BCUT2D eigenvalue weighted by Gasteiger charge is 2.18. The topological polar surface area (TPSA) is 71.3 Å². The summed E-state index contributed by atoms with van der Waals surface area (Å²) in [6.07, 6.45) is 7.00. The van der Waals surface area contributed by atoms with Crippen LogP contribution in [0, 0.1) is 18.3 Å². The van der Waals surface area contributed by atoms with Crippen LogP contribution >= 0.6 is 0 Å². The molecule has 1 N–H and O–H groups in total. The van der Waals surface area contributed by atoms with Crippen LogP contribution in [-0.2, 0) is 11.4 Å². The SMILES string of the molecule is COc1cc(/C=C(/C#N)C(=O)NC2CCCCC2)ccc1OCc1ccccc1C. The molecular formula is C25H28N2O3. The van der Waals surface area contributed by atoms with Crippen molar-refractivity contribution in [3.8, 4) is 17.6 Å². The third-order valence-corrected chi connectivity index (χ3v) is 5.45. The fourth-order valence-electron chi connectivity index (χ4n) is 3.65. The Morgan fingerprint density at radius 1 is 1.17 bits per heavy atom. The van der Waals surface area contributed by atoms with E-state index >= 15 is 0 Å². The molecule has 0 saturated heterocycles. The van der Waals surface area contributed by atoms with Gasteiger partial charge in [-0.3, -0.25) is 4.79 Å². The molecule has 1 amide bonds. The molecule has 0 radical (unpaired) electrons. The highest BCUT2D eigenvalue weighted by atomic mass is 16.5. The molecule has 30 heavy (non-hydrogen) atoms. The lowest BCUT2D eigenvalue weighted by Gasteiger charge is -2.22. The number of ether oxygens (including phenoxy) is 2. The van der Waals surface area contributed by atoms with Gasteiger partial charge in [0.25, 0.3) is 5.91 Å². The van der Waals surface area contributed by atoms with E-state index in [2.05, 4.69) is 5.32 Å². The molecule has 3 rings (SSSR count). The van der Waals surface area contributed by atoms with Crippen molar-refractivity contribution in [3.63, 3.8) is 0 Å². The van der Waals surface area contributed by atoms with E-state index in [1.165, 1.54) is 12.0 Å². The van der Waals surface area contributed by atoms with Crippen LogP contribution in [0.25, 0.3) is 6.08 Å². The van der Waals surface area contributed by atoms with Crippen LogP contribution in [0.1, 0.15) is 48.8 Å². The van der Waals surface area contributed by atoms with Crippen LogP contribution < -0.4 is 14.8 Å². The van der Waals surface area contributed by atoms with Gasteiger partial charge in [-0.15, -0.1) is 0 Å². The van der Waals surface area contributed by atoms with Crippen molar-refractivity contribution >= 4 is 12.0 Å². The number of rotatable bonds is 7. The van der Waals surface area contributed by atoms with Gasteiger partial charge in [0.05, 0.1) is 7.11 Å². The van der Waals surface area contributed by atoms with Gasteiger partial charge in [-0.1, -0.05) is 49.6 Å². The zero-order valence-corrected chi connectivity index (χ0v) is 17.6. The van der Waals surface area contributed by atoms with Crippen LogP contribution in [0.4, 0.5) is 0 Å². The van der Waals surface area contributed by atoms with Gasteiger partial charge < -0.3 is 14.8 Å². The summed E-state index contributed by atoms with van der Waals surface area (Å²) in [5.41, 5.74) is 3.08. The number of amides is 1. The number of hydrogen-bond donors (Lipinski definition) is 1. The molecule has 0 unspecified atom stereocenters. The first kappa shape index (κ1) is 21.4. The lowest BCUT2D eigenvalue weighted by Crippen LogP contribution is -2.36. The van der Waals surface area contributed by atoms with Crippen LogP contribution in [-0.4, -0.2) is 19.1 Å². The van der Waals surface area contributed by atoms with Gasteiger partial charge >= 0.3 is 0 Å². The average molecular weight is 405 g/mol. The number of benzene rings is 2. The van der Waals surface area contributed by atoms with Crippen molar-refractivity contribution in [3.05, 3.63) is 64.7 Å². The summed E-state index contributed by atoms with van der Waals surface area (Å²) in [6, 6.07) is 15.6. The van der Waals surface area contributed by atoms with Gasteiger partial charge in [0.1, 0.15) is 18.2 Å². The largest absolute Gasteiger partial charge is 0.493 e. The molecule has 5 nitrogen and oxygen atoms in total. The van der Waals surface area contributed by atoms with E-state index in [1.54, 1.807) is 25.3 Å². The second-order valence-electron chi connectivity index (χ2n) is 7.60. The molecule has 2 aromatic carbocycles. The minimum atomic E-state index is -0.316. The third kappa shape index (κ3) is 5.64. The normalized spacial score (nSPS) is 14.6. The lowest BCUT2D eigenvalue weighted by molar-refractivity contribution is -0.117. The molecule has 5 heteroatoms.